The molecule has 1 N–H and O–H groups in total. The lowest BCUT2D eigenvalue weighted by molar-refractivity contribution is -0.119. The summed E-state index contributed by atoms with van der Waals surface area (Å²) in [6, 6.07) is 13.6. The standard InChI is InChI=1S/C16H14BrNO4/c1-21-14-7-5-11(6-8-14)16(20)22-10-15(19)18-13-4-2-3-12(17)9-13/h2-9H,10H2,1H3,(H,18,19). The SMILES string of the molecule is COc1ccc(C(=O)OCC(=O)Nc2cccc(Br)c2)cc1. The van der Waals surface area contributed by atoms with Crippen molar-refractivity contribution in [3.63, 3.8) is 0 Å². The Kier molecular flexibility index (Phi) is 5.55. The molecule has 6 heteroatoms. The van der Waals surface area contributed by atoms with Crippen LogP contribution >= 0.6 is 15.9 Å². The minimum Gasteiger partial charge on any atom is -0.497 e. The Hall–Kier alpha value is -2.34. The summed E-state index contributed by atoms with van der Waals surface area (Å²) in [5.41, 5.74) is 0.982. The van der Waals surface area contributed by atoms with Crippen molar-refractivity contribution < 1.29 is 19.1 Å². The van der Waals surface area contributed by atoms with Gasteiger partial charge < -0.3 is 14.8 Å². The van der Waals surface area contributed by atoms with Crippen LogP contribution in [0.4, 0.5) is 5.69 Å². The highest BCUT2D eigenvalue weighted by atomic mass is 79.9. The summed E-state index contributed by atoms with van der Waals surface area (Å²) in [5, 5.41) is 2.64. The van der Waals surface area contributed by atoms with E-state index in [1.807, 2.05) is 6.07 Å². The van der Waals surface area contributed by atoms with Crippen molar-refractivity contribution in [3.05, 3.63) is 58.6 Å². The fourth-order valence-electron chi connectivity index (χ4n) is 1.70. The Balaban J connectivity index is 1.86. The predicted molar refractivity (Wildman–Crippen MR) is 86.0 cm³/mol. The average Bonchev–Trinajstić information content (AvgIpc) is 2.52. The molecule has 114 valence electrons. The quantitative estimate of drug-likeness (QED) is 0.828. The van der Waals surface area contributed by atoms with Crippen LogP contribution in [-0.4, -0.2) is 25.6 Å². The zero-order chi connectivity index (χ0) is 15.9. The van der Waals surface area contributed by atoms with Crippen LogP contribution in [0.3, 0.4) is 0 Å². The van der Waals surface area contributed by atoms with Crippen LogP contribution in [0, 0.1) is 0 Å². The van der Waals surface area contributed by atoms with Crippen molar-refractivity contribution >= 4 is 33.5 Å². The maximum absolute atomic E-state index is 11.8. The molecule has 0 aliphatic carbocycles. The van der Waals surface area contributed by atoms with Crippen molar-refractivity contribution in [2.45, 2.75) is 0 Å². The number of carbonyl (C=O) groups excluding carboxylic acids is 2. The molecule has 0 atom stereocenters. The third-order valence-corrected chi connectivity index (χ3v) is 3.26. The zero-order valence-electron chi connectivity index (χ0n) is 11.8. The normalized spacial score (nSPS) is 9.91. The summed E-state index contributed by atoms with van der Waals surface area (Å²) in [5.74, 6) is -0.323. The van der Waals surface area contributed by atoms with Crippen molar-refractivity contribution in [1.29, 1.82) is 0 Å². The summed E-state index contributed by atoms with van der Waals surface area (Å²) in [6.07, 6.45) is 0. The van der Waals surface area contributed by atoms with Gasteiger partial charge in [0.2, 0.25) is 0 Å². The Morgan fingerprint density at radius 1 is 1.14 bits per heavy atom. The van der Waals surface area contributed by atoms with E-state index in [-0.39, 0.29) is 6.61 Å². The minimum atomic E-state index is -0.563. The second-order valence-corrected chi connectivity index (χ2v) is 5.28. The molecule has 0 saturated carbocycles. The van der Waals surface area contributed by atoms with E-state index in [1.54, 1.807) is 49.6 Å². The number of anilines is 1. The molecule has 0 aliphatic heterocycles. The van der Waals surface area contributed by atoms with Crippen molar-refractivity contribution in [3.8, 4) is 5.75 Å². The van der Waals surface area contributed by atoms with Gasteiger partial charge in [-0.2, -0.15) is 0 Å². The van der Waals surface area contributed by atoms with E-state index in [0.717, 1.165) is 4.47 Å². The van der Waals surface area contributed by atoms with Crippen molar-refractivity contribution in [1.82, 2.24) is 0 Å². The van der Waals surface area contributed by atoms with Gasteiger partial charge in [0.1, 0.15) is 5.75 Å². The van der Waals surface area contributed by atoms with Crippen LogP contribution in [0.15, 0.2) is 53.0 Å². The molecule has 0 unspecified atom stereocenters. The number of ether oxygens (including phenoxy) is 2. The first kappa shape index (κ1) is 16.0. The minimum absolute atomic E-state index is 0.350. The highest BCUT2D eigenvalue weighted by Crippen LogP contribution is 2.15. The Labute approximate surface area is 136 Å². The molecule has 5 nitrogen and oxygen atoms in total. The summed E-state index contributed by atoms with van der Waals surface area (Å²) in [7, 11) is 1.54. The van der Waals surface area contributed by atoms with Crippen LogP contribution in [0.2, 0.25) is 0 Å². The smallest absolute Gasteiger partial charge is 0.338 e. The van der Waals surface area contributed by atoms with E-state index in [0.29, 0.717) is 17.0 Å². The van der Waals surface area contributed by atoms with Crippen LogP contribution in [0.25, 0.3) is 0 Å². The van der Waals surface area contributed by atoms with Gasteiger partial charge in [-0.25, -0.2) is 4.79 Å². The third-order valence-electron chi connectivity index (χ3n) is 2.77. The highest BCUT2D eigenvalue weighted by molar-refractivity contribution is 9.10. The maximum atomic E-state index is 11.8. The summed E-state index contributed by atoms with van der Waals surface area (Å²) < 4.78 is 10.8. The number of hydrogen-bond acceptors (Lipinski definition) is 4. The molecule has 0 fully saturated rings. The number of rotatable bonds is 5. The fourth-order valence-corrected chi connectivity index (χ4v) is 2.10. The lowest BCUT2D eigenvalue weighted by Gasteiger charge is -2.07. The number of hydrogen-bond donors (Lipinski definition) is 1. The molecule has 0 spiro atoms. The molecule has 0 heterocycles. The first-order valence-corrected chi connectivity index (χ1v) is 7.24. The summed E-state index contributed by atoms with van der Waals surface area (Å²) >= 11 is 3.31. The van der Waals surface area contributed by atoms with E-state index < -0.39 is 11.9 Å². The van der Waals surface area contributed by atoms with Gasteiger partial charge in [-0.3, -0.25) is 4.79 Å². The van der Waals surface area contributed by atoms with Crippen LogP contribution < -0.4 is 10.1 Å². The summed E-state index contributed by atoms with van der Waals surface area (Å²) in [6.45, 7) is -0.350. The molecule has 0 aliphatic rings. The van der Waals surface area contributed by atoms with Crippen LogP contribution in [0.1, 0.15) is 10.4 Å². The molecule has 22 heavy (non-hydrogen) atoms. The van der Waals surface area contributed by atoms with Gasteiger partial charge >= 0.3 is 5.97 Å². The molecule has 2 aromatic rings. The molecular formula is C16H14BrNO4. The van der Waals surface area contributed by atoms with Crippen molar-refractivity contribution in [2.24, 2.45) is 0 Å². The van der Waals surface area contributed by atoms with Gasteiger partial charge in [0.15, 0.2) is 6.61 Å². The molecule has 0 aromatic heterocycles. The summed E-state index contributed by atoms with van der Waals surface area (Å²) in [4.78, 5) is 23.5. The number of amides is 1. The molecule has 0 radical (unpaired) electrons. The van der Waals surface area contributed by atoms with Gasteiger partial charge in [-0.05, 0) is 42.5 Å². The highest BCUT2D eigenvalue weighted by Gasteiger charge is 2.10. The first-order valence-electron chi connectivity index (χ1n) is 6.45. The second kappa shape index (κ2) is 7.61. The number of nitrogens with one attached hydrogen (secondary N) is 1. The number of methoxy groups -OCH3 is 1. The topological polar surface area (TPSA) is 64.6 Å². The van der Waals surface area contributed by atoms with Gasteiger partial charge in [0.25, 0.3) is 5.91 Å². The van der Waals surface area contributed by atoms with Crippen molar-refractivity contribution in [2.75, 3.05) is 19.0 Å². The molecule has 2 aromatic carbocycles. The number of benzene rings is 2. The zero-order valence-corrected chi connectivity index (χ0v) is 13.4. The monoisotopic (exact) mass is 363 g/mol. The molecule has 2 rings (SSSR count). The predicted octanol–water partition coefficient (Wildman–Crippen LogP) is 3.25. The van der Waals surface area contributed by atoms with Gasteiger partial charge in [-0.15, -0.1) is 0 Å². The number of carbonyl (C=O) groups is 2. The lowest BCUT2D eigenvalue weighted by Crippen LogP contribution is -2.20. The van der Waals surface area contributed by atoms with Gasteiger partial charge in [0, 0.05) is 10.2 Å². The van der Waals surface area contributed by atoms with Gasteiger partial charge in [0.05, 0.1) is 12.7 Å². The molecule has 1 amide bonds. The molecular weight excluding hydrogens is 350 g/mol. The number of halogens is 1. The Bertz CT molecular complexity index is 670. The largest absolute Gasteiger partial charge is 0.497 e. The van der Waals surface area contributed by atoms with Gasteiger partial charge in [-0.1, -0.05) is 22.0 Å². The molecule has 0 saturated heterocycles. The lowest BCUT2D eigenvalue weighted by atomic mass is 10.2. The van der Waals surface area contributed by atoms with Crippen LogP contribution in [-0.2, 0) is 9.53 Å². The van der Waals surface area contributed by atoms with Crippen LogP contribution in [0.5, 0.6) is 5.75 Å². The van der Waals surface area contributed by atoms with E-state index >= 15 is 0 Å². The maximum Gasteiger partial charge on any atom is 0.338 e. The van der Waals surface area contributed by atoms with E-state index in [9.17, 15) is 9.59 Å². The Morgan fingerprint density at radius 2 is 1.86 bits per heavy atom. The number of esters is 1. The van der Waals surface area contributed by atoms with E-state index in [2.05, 4.69) is 21.2 Å². The third kappa shape index (κ3) is 4.60. The molecule has 0 bridgehead atoms. The fraction of sp³-hybridized carbons (Fsp3) is 0.125. The second-order valence-electron chi connectivity index (χ2n) is 4.36. The van der Waals surface area contributed by atoms with E-state index in [4.69, 9.17) is 9.47 Å². The first-order chi connectivity index (χ1) is 10.6. The Morgan fingerprint density at radius 3 is 2.50 bits per heavy atom. The average molecular weight is 364 g/mol. The van der Waals surface area contributed by atoms with E-state index in [1.165, 1.54) is 0 Å².